The van der Waals surface area contributed by atoms with Crippen molar-refractivity contribution in [1.82, 2.24) is 5.32 Å². The zero-order chi connectivity index (χ0) is 15.5. The third kappa shape index (κ3) is 4.89. The number of nitrogens with one attached hydrogen (secondary N) is 1. The van der Waals surface area contributed by atoms with Crippen molar-refractivity contribution in [3.63, 3.8) is 0 Å². The predicted octanol–water partition coefficient (Wildman–Crippen LogP) is 1.66. The van der Waals surface area contributed by atoms with Gasteiger partial charge in [0.1, 0.15) is 5.75 Å². The molecule has 1 amide bonds. The van der Waals surface area contributed by atoms with Crippen LogP contribution in [0.15, 0.2) is 24.3 Å². The topological polar surface area (TPSA) is 72.5 Å². The molecule has 116 valence electrons. The second-order valence-corrected chi connectivity index (χ2v) is 7.90. The van der Waals surface area contributed by atoms with Crippen molar-refractivity contribution >= 4 is 27.3 Å². The van der Waals surface area contributed by atoms with Gasteiger partial charge in [0, 0.05) is 11.6 Å². The summed E-state index contributed by atoms with van der Waals surface area (Å²) in [5.74, 6) is 0.615. The minimum absolute atomic E-state index is 0.00248. The molecule has 21 heavy (non-hydrogen) atoms. The molecule has 1 saturated heterocycles. The molecule has 1 fully saturated rings. The first-order chi connectivity index (χ1) is 9.85. The Bertz CT molecular complexity index is 617. The van der Waals surface area contributed by atoms with E-state index < -0.39 is 15.9 Å². The zero-order valence-electron chi connectivity index (χ0n) is 11.7. The molecular weight excluding hydrogens is 314 g/mol. The van der Waals surface area contributed by atoms with Gasteiger partial charge in [-0.15, -0.1) is 0 Å². The molecule has 1 aromatic carbocycles. The van der Waals surface area contributed by atoms with Gasteiger partial charge in [0.15, 0.2) is 15.9 Å². The minimum atomic E-state index is -2.91. The maximum atomic E-state index is 11.9. The third-order valence-electron chi connectivity index (χ3n) is 3.37. The number of carbonyl (C=O) groups excluding carboxylic acids is 1. The van der Waals surface area contributed by atoms with Crippen LogP contribution in [0.5, 0.6) is 5.75 Å². The Hall–Kier alpha value is -1.27. The van der Waals surface area contributed by atoms with E-state index in [1.165, 1.54) is 0 Å². The molecular formula is C14H18ClNO4S. The number of amides is 1. The molecule has 1 aliphatic rings. The van der Waals surface area contributed by atoms with Crippen LogP contribution < -0.4 is 10.1 Å². The van der Waals surface area contributed by atoms with E-state index in [2.05, 4.69) is 5.32 Å². The highest BCUT2D eigenvalue weighted by atomic mass is 35.5. The van der Waals surface area contributed by atoms with Crippen molar-refractivity contribution in [2.75, 3.05) is 18.1 Å². The lowest BCUT2D eigenvalue weighted by molar-refractivity contribution is -0.127. The van der Waals surface area contributed by atoms with Crippen LogP contribution in [-0.2, 0) is 14.6 Å². The second kappa shape index (κ2) is 6.66. The summed E-state index contributed by atoms with van der Waals surface area (Å²) < 4.78 is 28.2. The lowest BCUT2D eigenvalue weighted by Gasteiger charge is -2.16. The van der Waals surface area contributed by atoms with E-state index in [0.29, 0.717) is 23.7 Å². The molecule has 1 N–H and O–H groups in total. The van der Waals surface area contributed by atoms with Crippen LogP contribution in [0, 0.1) is 5.92 Å². The monoisotopic (exact) mass is 331 g/mol. The van der Waals surface area contributed by atoms with Crippen LogP contribution in [0.2, 0.25) is 5.02 Å². The fraction of sp³-hybridized carbons (Fsp3) is 0.500. The van der Waals surface area contributed by atoms with Crippen LogP contribution in [0.25, 0.3) is 0 Å². The molecule has 5 nitrogen and oxygen atoms in total. The molecule has 0 bridgehead atoms. The van der Waals surface area contributed by atoms with Crippen molar-refractivity contribution < 1.29 is 17.9 Å². The molecule has 0 radical (unpaired) electrons. The molecule has 0 spiro atoms. The van der Waals surface area contributed by atoms with Gasteiger partial charge in [-0.05, 0) is 37.5 Å². The number of halogens is 1. The number of sulfone groups is 1. The summed E-state index contributed by atoms with van der Waals surface area (Å²) >= 11 is 5.84. The summed E-state index contributed by atoms with van der Waals surface area (Å²) in [5.41, 5.74) is 0. The summed E-state index contributed by atoms with van der Waals surface area (Å²) in [6.07, 6.45) is -0.0620. The highest BCUT2D eigenvalue weighted by Crippen LogP contribution is 2.19. The molecule has 1 aliphatic heterocycles. The Morgan fingerprint density at radius 3 is 2.90 bits per heavy atom. The smallest absolute Gasteiger partial charge is 0.260 e. The Labute approximate surface area is 129 Å². The Morgan fingerprint density at radius 1 is 1.52 bits per heavy atom. The van der Waals surface area contributed by atoms with Gasteiger partial charge in [-0.2, -0.15) is 0 Å². The molecule has 0 aromatic heterocycles. The standard InChI is InChI=1S/C14H18ClNO4S/c1-10(20-13-4-2-3-12(15)7-13)14(17)16-8-11-5-6-21(18,19)9-11/h2-4,7,10-11H,5-6,8-9H2,1H3,(H,16,17)/t10-,11+/m1/s1. The van der Waals surface area contributed by atoms with Gasteiger partial charge < -0.3 is 10.1 Å². The van der Waals surface area contributed by atoms with Crippen LogP contribution >= 0.6 is 11.6 Å². The lowest BCUT2D eigenvalue weighted by Crippen LogP contribution is -2.39. The summed E-state index contributed by atoms with van der Waals surface area (Å²) in [6.45, 7) is 2.00. The van der Waals surface area contributed by atoms with Crippen molar-refractivity contribution in [2.45, 2.75) is 19.4 Å². The zero-order valence-corrected chi connectivity index (χ0v) is 13.3. The fourth-order valence-corrected chi connectivity index (χ4v) is 4.26. The Balaban J connectivity index is 1.80. The van der Waals surface area contributed by atoms with E-state index >= 15 is 0 Å². The SMILES string of the molecule is C[C@@H](Oc1cccc(Cl)c1)C(=O)NC[C@@H]1CCS(=O)(=O)C1. The first-order valence-corrected chi connectivity index (χ1v) is 8.96. The molecule has 0 unspecified atom stereocenters. The molecule has 1 aromatic rings. The maximum Gasteiger partial charge on any atom is 0.260 e. The van der Waals surface area contributed by atoms with Crippen molar-refractivity contribution in [2.24, 2.45) is 5.92 Å². The first-order valence-electron chi connectivity index (χ1n) is 6.76. The molecule has 7 heteroatoms. The predicted molar refractivity (Wildman–Crippen MR) is 81.3 cm³/mol. The van der Waals surface area contributed by atoms with Crippen molar-refractivity contribution in [3.8, 4) is 5.75 Å². The van der Waals surface area contributed by atoms with E-state index in [4.69, 9.17) is 16.3 Å². The summed E-state index contributed by atoms with van der Waals surface area (Å²) in [6, 6.07) is 6.82. The van der Waals surface area contributed by atoms with Gasteiger partial charge in [-0.3, -0.25) is 4.79 Å². The average molecular weight is 332 g/mol. The van der Waals surface area contributed by atoms with Gasteiger partial charge in [-0.25, -0.2) is 8.42 Å². The number of benzene rings is 1. The Kier molecular flexibility index (Phi) is 5.11. The largest absolute Gasteiger partial charge is 0.481 e. The van der Waals surface area contributed by atoms with Crippen LogP contribution in [0.3, 0.4) is 0 Å². The number of rotatable bonds is 5. The van der Waals surface area contributed by atoms with E-state index in [-0.39, 0.29) is 23.3 Å². The van der Waals surface area contributed by atoms with Crippen LogP contribution in [0.4, 0.5) is 0 Å². The number of ether oxygens (including phenoxy) is 1. The van der Waals surface area contributed by atoms with E-state index in [0.717, 1.165) is 0 Å². The normalized spacial score (nSPS) is 21.7. The average Bonchev–Trinajstić information content (AvgIpc) is 2.75. The van der Waals surface area contributed by atoms with Gasteiger partial charge in [0.25, 0.3) is 5.91 Å². The van der Waals surface area contributed by atoms with E-state index in [1.54, 1.807) is 31.2 Å². The highest BCUT2D eigenvalue weighted by Gasteiger charge is 2.28. The van der Waals surface area contributed by atoms with Gasteiger partial charge >= 0.3 is 0 Å². The first kappa shape index (κ1) is 16.1. The highest BCUT2D eigenvalue weighted by molar-refractivity contribution is 7.91. The summed E-state index contributed by atoms with van der Waals surface area (Å²) in [4.78, 5) is 11.9. The molecule has 1 heterocycles. The van der Waals surface area contributed by atoms with E-state index in [1.807, 2.05) is 0 Å². The number of hydrogen-bond acceptors (Lipinski definition) is 4. The minimum Gasteiger partial charge on any atom is -0.481 e. The number of hydrogen-bond donors (Lipinski definition) is 1. The summed E-state index contributed by atoms with van der Waals surface area (Å²) in [7, 11) is -2.91. The van der Waals surface area contributed by atoms with Crippen LogP contribution in [-0.4, -0.2) is 38.5 Å². The molecule has 0 saturated carbocycles. The van der Waals surface area contributed by atoms with Crippen molar-refractivity contribution in [1.29, 1.82) is 0 Å². The van der Waals surface area contributed by atoms with Crippen molar-refractivity contribution in [3.05, 3.63) is 29.3 Å². The molecule has 0 aliphatic carbocycles. The third-order valence-corrected chi connectivity index (χ3v) is 5.44. The lowest BCUT2D eigenvalue weighted by atomic mass is 10.1. The second-order valence-electron chi connectivity index (χ2n) is 5.23. The molecule has 2 atom stereocenters. The fourth-order valence-electron chi connectivity index (χ4n) is 2.22. The molecule has 2 rings (SSSR count). The summed E-state index contributed by atoms with van der Waals surface area (Å²) in [5, 5.41) is 3.27. The van der Waals surface area contributed by atoms with Gasteiger partial charge in [-0.1, -0.05) is 17.7 Å². The van der Waals surface area contributed by atoms with Gasteiger partial charge in [0.05, 0.1) is 11.5 Å². The van der Waals surface area contributed by atoms with Gasteiger partial charge in [0.2, 0.25) is 0 Å². The van der Waals surface area contributed by atoms with Crippen LogP contribution in [0.1, 0.15) is 13.3 Å². The maximum absolute atomic E-state index is 11.9. The quantitative estimate of drug-likeness (QED) is 0.890. The Morgan fingerprint density at radius 2 is 2.29 bits per heavy atom. The number of carbonyl (C=O) groups is 1. The van der Waals surface area contributed by atoms with E-state index in [9.17, 15) is 13.2 Å².